The molecule has 0 radical (unpaired) electrons. The number of hydrogen-bond donors (Lipinski definition) is 1. The highest BCUT2D eigenvalue weighted by Gasteiger charge is 2.14. The smallest absolute Gasteiger partial charge is 0.0996 e. The molecule has 0 spiro atoms. The van der Waals surface area contributed by atoms with Gasteiger partial charge in [0.05, 0.1) is 25.4 Å². The third kappa shape index (κ3) is 3.53. The zero-order valence-electron chi connectivity index (χ0n) is 11.4. The van der Waals surface area contributed by atoms with Crippen LogP contribution in [0.2, 0.25) is 13.7 Å². The number of thiophene rings is 1. The summed E-state index contributed by atoms with van der Waals surface area (Å²) in [6, 6.07) is 7.85. The molecule has 108 valence electrons. The Morgan fingerprint density at radius 3 is 2.35 bits per heavy atom. The molecule has 6 heteroatoms. The van der Waals surface area contributed by atoms with Gasteiger partial charge in [-0.1, -0.05) is 34.8 Å². The standard InChI is InChI=1S/C14H15Cl3N2S/c1-8(10-7-13(16)20-14(10)17)18-9-4-5-12(19(2)3)11(15)6-9/h4-8,18H,1-3H3. The van der Waals surface area contributed by atoms with Gasteiger partial charge in [0, 0.05) is 25.3 Å². The monoisotopic (exact) mass is 348 g/mol. The predicted octanol–water partition coefficient (Wildman–Crippen LogP) is 5.95. The minimum absolute atomic E-state index is 0.0625. The molecule has 2 rings (SSSR count). The molecule has 2 nitrogen and oxygen atoms in total. The van der Waals surface area contributed by atoms with Crippen molar-refractivity contribution in [3.8, 4) is 0 Å². The minimum Gasteiger partial charge on any atom is -0.378 e. The van der Waals surface area contributed by atoms with Crippen LogP contribution in [0.4, 0.5) is 11.4 Å². The van der Waals surface area contributed by atoms with Crippen molar-refractivity contribution < 1.29 is 0 Å². The van der Waals surface area contributed by atoms with Crippen LogP contribution < -0.4 is 10.2 Å². The summed E-state index contributed by atoms with van der Waals surface area (Å²) in [5, 5.41) is 4.09. The Morgan fingerprint density at radius 1 is 1.15 bits per heavy atom. The third-order valence-corrected chi connectivity index (χ3v) is 4.78. The maximum Gasteiger partial charge on any atom is 0.0996 e. The van der Waals surface area contributed by atoms with Gasteiger partial charge >= 0.3 is 0 Å². The highest BCUT2D eigenvalue weighted by Crippen LogP contribution is 2.36. The summed E-state index contributed by atoms with van der Waals surface area (Å²) in [5.74, 6) is 0. The average molecular weight is 350 g/mol. The van der Waals surface area contributed by atoms with Gasteiger partial charge in [-0.05, 0) is 31.2 Å². The molecular weight excluding hydrogens is 335 g/mol. The number of halogens is 3. The Hall–Kier alpha value is -0.610. The molecule has 1 aromatic carbocycles. The third-order valence-electron chi connectivity index (χ3n) is 2.96. The highest BCUT2D eigenvalue weighted by atomic mass is 35.5. The summed E-state index contributed by atoms with van der Waals surface area (Å²) < 4.78 is 1.41. The number of nitrogens with zero attached hydrogens (tertiary/aromatic N) is 1. The molecule has 0 saturated carbocycles. The van der Waals surface area contributed by atoms with Gasteiger partial charge in [-0.3, -0.25) is 0 Å². The van der Waals surface area contributed by atoms with Gasteiger partial charge in [0.1, 0.15) is 0 Å². The van der Waals surface area contributed by atoms with Crippen molar-refractivity contribution in [1.82, 2.24) is 0 Å². The predicted molar refractivity (Wildman–Crippen MR) is 92.2 cm³/mol. The van der Waals surface area contributed by atoms with Gasteiger partial charge in [0.2, 0.25) is 0 Å². The number of benzene rings is 1. The lowest BCUT2D eigenvalue weighted by molar-refractivity contribution is 0.891. The molecule has 0 bridgehead atoms. The topological polar surface area (TPSA) is 15.3 Å². The Kier molecular flexibility index (Phi) is 5.08. The van der Waals surface area contributed by atoms with E-state index in [9.17, 15) is 0 Å². The quantitative estimate of drug-likeness (QED) is 0.734. The van der Waals surface area contributed by atoms with Crippen molar-refractivity contribution in [2.24, 2.45) is 0 Å². The van der Waals surface area contributed by atoms with E-state index < -0.39 is 0 Å². The van der Waals surface area contributed by atoms with Crippen molar-refractivity contribution in [2.75, 3.05) is 24.3 Å². The van der Waals surface area contributed by atoms with Crippen LogP contribution in [-0.2, 0) is 0 Å². The zero-order chi connectivity index (χ0) is 14.9. The molecule has 0 saturated heterocycles. The van der Waals surface area contributed by atoms with Crippen LogP contribution in [0.3, 0.4) is 0 Å². The Morgan fingerprint density at radius 2 is 1.85 bits per heavy atom. The fraction of sp³-hybridized carbons (Fsp3) is 0.286. The number of nitrogens with one attached hydrogen (secondary N) is 1. The van der Waals surface area contributed by atoms with Gasteiger partial charge in [-0.25, -0.2) is 0 Å². The lowest BCUT2D eigenvalue weighted by atomic mass is 10.1. The molecule has 1 heterocycles. The maximum absolute atomic E-state index is 6.26. The van der Waals surface area contributed by atoms with E-state index in [0.717, 1.165) is 16.9 Å². The average Bonchev–Trinajstić information content (AvgIpc) is 2.68. The van der Waals surface area contributed by atoms with E-state index >= 15 is 0 Å². The van der Waals surface area contributed by atoms with Crippen LogP contribution in [-0.4, -0.2) is 14.1 Å². The molecule has 1 aromatic heterocycles. The Labute approximate surface area is 138 Å². The maximum atomic E-state index is 6.26. The van der Waals surface area contributed by atoms with Crippen LogP contribution in [0.1, 0.15) is 18.5 Å². The fourth-order valence-electron chi connectivity index (χ4n) is 1.94. The van der Waals surface area contributed by atoms with Crippen LogP contribution in [0.25, 0.3) is 0 Å². The van der Waals surface area contributed by atoms with Crippen molar-refractivity contribution in [2.45, 2.75) is 13.0 Å². The Balaban J connectivity index is 2.18. The first-order valence-corrected chi connectivity index (χ1v) is 8.01. The molecule has 0 aliphatic heterocycles. The highest BCUT2D eigenvalue weighted by molar-refractivity contribution is 7.20. The summed E-state index contributed by atoms with van der Waals surface area (Å²) in [4.78, 5) is 1.98. The molecule has 0 aliphatic rings. The zero-order valence-corrected chi connectivity index (χ0v) is 14.5. The van der Waals surface area contributed by atoms with Gasteiger partial charge in [0.25, 0.3) is 0 Å². The van der Waals surface area contributed by atoms with Crippen molar-refractivity contribution >= 4 is 57.5 Å². The molecule has 2 aromatic rings. The van der Waals surface area contributed by atoms with E-state index in [2.05, 4.69) is 5.32 Å². The lowest BCUT2D eigenvalue weighted by Gasteiger charge is -2.18. The van der Waals surface area contributed by atoms with Crippen molar-refractivity contribution in [3.05, 3.63) is 43.5 Å². The molecule has 1 atom stereocenters. The largest absolute Gasteiger partial charge is 0.378 e. The number of anilines is 2. The van der Waals surface area contributed by atoms with Crippen LogP contribution in [0.5, 0.6) is 0 Å². The van der Waals surface area contributed by atoms with E-state index in [1.165, 1.54) is 11.3 Å². The van der Waals surface area contributed by atoms with Crippen molar-refractivity contribution in [3.63, 3.8) is 0 Å². The first kappa shape index (κ1) is 15.8. The number of hydrogen-bond acceptors (Lipinski definition) is 3. The second-order valence-electron chi connectivity index (χ2n) is 4.71. The summed E-state index contributed by atoms with van der Waals surface area (Å²) in [6.07, 6.45) is 0. The molecule has 1 N–H and O–H groups in total. The summed E-state index contributed by atoms with van der Waals surface area (Å²) >= 11 is 19.8. The van der Waals surface area contributed by atoms with Crippen LogP contribution >= 0.6 is 46.1 Å². The van der Waals surface area contributed by atoms with Gasteiger partial charge in [-0.2, -0.15) is 0 Å². The number of rotatable bonds is 4. The molecule has 0 aliphatic carbocycles. The lowest BCUT2D eigenvalue weighted by Crippen LogP contribution is -2.10. The van der Waals surface area contributed by atoms with Gasteiger partial charge in [0.15, 0.2) is 0 Å². The van der Waals surface area contributed by atoms with E-state index in [1.54, 1.807) is 0 Å². The van der Waals surface area contributed by atoms with Crippen LogP contribution in [0, 0.1) is 0 Å². The van der Waals surface area contributed by atoms with E-state index in [4.69, 9.17) is 34.8 Å². The minimum atomic E-state index is 0.0625. The molecule has 0 fully saturated rings. The molecule has 0 amide bonds. The van der Waals surface area contributed by atoms with Crippen LogP contribution in [0.15, 0.2) is 24.3 Å². The summed E-state index contributed by atoms with van der Waals surface area (Å²) in [5.41, 5.74) is 2.93. The van der Waals surface area contributed by atoms with Gasteiger partial charge in [-0.15, -0.1) is 11.3 Å². The molecule has 1 unspecified atom stereocenters. The van der Waals surface area contributed by atoms with E-state index in [-0.39, 0.29) is 6.04 Å². The SMILES string of the molecule is CC(Nc1ccc(N(C)C)c(Cl)c1)c1cc(Cl)sc1Cl. The second-order valence-corrected chi connectivity index (χ2v) is 7.40. The van der Waals surface area contributed by atoms with Crippen molar-refractivity contribution in [1.29, 1.82) is 0 Å². The first-order valence-electron chi connectivity index (χ1n) is 6.06. The Bertz CT molecular complexity index is 610. The first-order chi connectivity index (χ1) is 9.38. The molecule has 20 heavy (non-hydrogen) atoms. The molecular formula is C14H15Cl3N2S. The normalized spacial score (nSPS) is 12.3. The van der Waals surface area contributed by atoms with Gasteiger partial charge < -0.3 is 10.2 Å². The van der Waals surface area contributed by atoms with E-state index in [0.29, 0.717) is 13.7 Å². The summed E-state index contributed by atoms with van der Waals surface area (Å²) in [7, 11) is 3.92. The fourth-order valence-corrected chi connectivity index (χ4v) is 3.93. The summed E-state index contributed by atoms with van der Waals surface area (Å²) in [6.45, 7) is 2.04. The second kappa shape index (κ2) is 6.44. The van der Waals surface area contributed by atoms with E-state index in [1.807, 2.05) is 50.2 Å².